The van der Waals surface area contributed by atoms with Crippen LogP contribution in [0.1, 0.15) is 31.1 Å². The molecule has 0 aliphatic carbocycles. The zero-order valence-electron chi connectivity index (χ0n) is 10.7. The van der Waals surface area contributed by atoms with Gasteiger partial charge in [0.15, 0.2) is 0 Å². The number of benzene rings is 1. The highest BCUT2D eigenvalue weighted by molar-refractivity contribution is 6.30. The molecule has 1 atom stereocenters. The van der Waals surface area contributed by atoms with Crippen LogP contribution in [0, 0.1) is 5.92 Å². The van der Waals surface area contributed by atoms with Crippen LogP contribution in [0.2, 0.25) is 5.02 Å². The van der Waals surface area contributed by atoms with Crippen LogP contribution < -0.4 is 5.73 Å². The lowest BCUT2D eigenvalue weighted by atomic mass is 10.0. The number of hydrogen-bond acceptors (Lipinski definition) is 2. The van der Waals surface area contributed by atoms with Crippen LogP contribution in [0.5, 0.6) is 0 Å². The van der Waals surface area contributed by atoms with Crippen molar-refractivity contribution in [3.63, 3.8) is 0 Å². The first-order valence-electron chi connectivity index (χ1n) is 6.08. The van der Waals surface area contributed by atoms with E-state index in [4.69, 9.17) is 17.3 Å². The molecule has 96 valence electrons. The Morgan fingerprint density at radius 3 is 2.83 bits per heavy atom. The van der Waals surface area contributed by atoms with Crippen molar-refractivity contribution < 1.29 is 0 Å². The monoisotopic (exact) mass is 263 g/mol. The van der Waals surface area contributed by atoms with Crippen LogP contribution in [0.4, 0.5) is 0 Å². The van der Waals surface area contributed by atoms with Gasteiger partial charge in [-0.15, -0.1) is 0 Å². The summed E-state index contributed by atoms with van der Waals surface area (Å²) >= 11 is 5.99. The number of imidazole rings is 1. The lowest BCUT2D eigenvalue weighted by molar-refractivity contribution is 0.484. The lowest BCUT2D eigenvalue weighted by Crippen LogP contribution is -2.20. The minimum absolute atomic E-state index is 0.00619. The van der Waals surface area contributed by atoms with Gasteiger partial charge in [-0.05, 0) is 23.6 Å². The van der Waals surface area contributed by atoms with E-state index in [1.807, 2.05) is 30.7 Å². The third-order valence-corrected chi connectivity index (χ3v) is 3.28. The highest BCUT2D eigenvalue weighted by atomic mass is 35.5. The van der Waals surface area contributed by atoms with E-state index in [1.165, 1.54) is 0 Å². The van der Waals surface area contributed by atoms with Crippen molar-refractivity contribution >= 4 is 11.6 Å². The Hall–Kier alpha value is -1.32. The summed E-state index contributed by atoms with van der Waals surface area (Å²) in [7, 11) is 0. The smallest absolute Gasteiger partial charge is 0.0951 e. The van der Waals surface area contributed by atoms with E-state index in [9.17, 15) is 0 Å². The highest BCUT2D eigenvalue weighted by Crippen LogP contribution is 2.20. The van der Waals surface area contributed by atoms with Gasteiger partial charge in [0, 0.05) is 23.8 Å². The van der Waals surface area contributed by atoms with Crippen LogP contribution in [0.15, 0.2) is 36.8 Å². The summed E-state index contributed by atoms with van der Waals surface area (Å²) in [5.41, 5.74) is 8.39. The molecular formula is C14H18ClN3. The zero-order valence-corrected chi connectivity index (χ0v) is 11.4. The van der Waals surface area contributed by atoms with Gasteiger partial charge in [0.25, 0.3) is 0 Å². The number of rotatable bonds is 4. The molecule has 0 spiro atoms. The highest BCUT2D eigenvalue weighted by Gasteiger charge is 2.15. The number of aromatic nitrogens is 2. The summed E-state index contributed by atoms with van der Waals surface area (Å²) in [4.78, 5) is 4.19. The van der Waals surface area contributed by atoms with Crippen molar-refractivity contribution in [1.82, 2.24) is 9.55 Å². The fourth-order valence-corrected chi connectivity index (χ4v) is 2.13. The largest absolute Gasteiger partial charge is 0.329 e. The first-order chi connectivity index (χ1) is 8.58. The summed E-state index contributed by atoms with van der Waals surface area (Å²) < 4.78 is 2.08. The fraction of sp³-hybridized carbons (Fsp3) is 0.357. The van der Waals surface area contributed by atoms with Gasteiger partial charge in [-0.1, -0.05) is 37.6 Å². The maximum atomic E-state index is 6.18. The fourth-order valence-electron chi connectivity index (χ4n) is 1.91. The first-order valence-corrected chi connectivity index (χ1v) is 6.46. The molecular weight excluding hydrogens is 246 g/mol. The second kappa shape index (κ2) is 5.55. The molecule has 0 saturated heterocycles. The summed E-state index contributed by atoms with van der Waals surface area (Å²) in [6.45, 7) is 4.97. The van der Waals surface area contributed by atoms with Crippen molar-refractivity contribution in [1.29, 1.82) is 0 Å². The summed E-state index contributed by atoms with van der Waals surface area (Å²) in [6, 6.07) is 7.85. The molecule has 1 unspecified atom stereocenters. The Balaban J connectivity index is 2.22. The van der Waals surface area contributed by atoms with E-state index < -0.39 is 0 Å². The first kappa shape index (κ1) is 13.1. The van der Waals surface area contributed by atoms with Crippen molar-refractivity contribution in [2.45, 2.75) is 26.4 Å². The van der Waals surface area contributed by atoms with Gasteiger partial charge in [-0.2, -0.15) is 0 Å². The van der Waals surface area contributed by atoms with Crippen LogP contribution in [0.25, 0.3) is 0 Å². The maximum Gasteiger partial charge on any atom is 0.0951 e. The Morgan fingerprint density at radius 2 is 2.17 bits per heavy atom. The molecule has 3 nitrogen and oxygen atoms in total. The van der Waals surface area contributed by atoms with E-state index in [2.05, 4.69) is 29.5 Å². The minimum atomic E-state index is 0.00619. The topological polar surface area (TPSA) is 43.8 Å². The van der Waals surface area contributed by atoms with E-state index in [0.717, 1.165) is 22.8 Å². The number of nitrogens with two attached hydrogens (primary N) is 1. The van der Waals surface area contributed by atoms with E-state index in [1.54, 1.807) is 0 Å². The molecule has 1 heterocycles. The Kier molecular flexibility index (Phi) is 4.04. The van der Waals surface area contributed by atoms with Crippen molar-refractivity contribution in [3.05, 3.63) is 53.1 Å². The normalized spacial score (nSPS) is 12.9. The SMILES string of the molecule is CC(C)C(N)c1cncn1Cc1cccc(Cl)c1. The maximum absolute atomic E-state index is 6.18. The van der Waals surface area contributed by atoms with E-state index >= 15 is 0 Å². The van der Waals surface area contributed by atoms with Gasteiger partial charge in [-0.25, -0.2) is 4.98 Å². The molecule has 0 amide bonds. The zero-order chi connectivity index (χ0) is 13.1. The van der Waals surface area contributed by atoms with E-state index in [-0.39, 0.29) is 6.04 Å². The van der Waals surface area contributed by atoms with Crippen molar-refractivity contribution in [2.75, 3.05) is 0 Å². The van der Waals surface area contributed by atoms with Crippen LogP contribution in [-0.2, 0) is 6.54 Å². The van der Waals surface area contributed by atoms with Crippen LogP contribution in [0.3, 0.4) is 0 Å². The molecule has 0 radical (unpaired) electrons. The Bertz CT molecular complexity index is 519. The number of halogens is 1. The van der Waals surface area contributed by atoms with Gasteiger partial charge in [0.2, 0.25) is 0 Å². The molecule has 2 N–H and O–H groups in total. The molecule has 0 aliphatic heterocycles. The molecule has 2 rings (SSSR count). The van der Waals surface area contributed by atoms with Crippen LogP contribution >= 0.6 is 11.6 Å². The van der Waals surface area contributed by atoms with Gasteiger partial charge in [-0.3, -0.25) is 0 Å². The Labute approximate surface area is 113 Å². The van der Waals surface area contributed by atoms with E-state index in [0.29, 0.717) is 5.92 Å². The molecule has 0 bridgehead atoms. The van der Waals surface area contributed by atoms with Gasteiger partial charge in [0.1, 0.15) is 0 Å². The lowest BCUT2D eigenvalue weighted by Gasteiger charge is -2.18. The van der Waals surface area contributed by atoms with Gasteiger partial charge in [0.05, 0.1) is 12.0 Å². The van der Waals surface area contributed by atoms with Gasteiger partial charge < -0.3 is 10.3 Å². The van der Waals surface area contributed by atoms with Crippen molar-refractivity contribution in [3.8, 4) is 0 Å². The molecule has 0 fully saturated rings. The average Bonchev–Trinajstić information content (AvgIpc) is 2.76. The predicted molar refractivity (Wildman–Crippen MR) is 74.5 cm³/mol. The summed E-state index contributed by atoms with van der Waals surface area (Å²) in [6.07, 6.45) is 3.66. The van der Waals surface area contributed by atoms with Crippen LogP contribution in [-0.4, -0.2) is 9.55 Å². The second-order valence-electron chi connectivity index (χ2n) is 4.85. The standard InChI is InChI=1S/C14H18ClN3/c1-10(2)14(16)13-7-17-9-18(13)8-11-4-3-5-12(15)6-11/h3-7,9-10,14H,8,16H2,1-2H3. The molecule has 2 aromatic rings. The predicted octanol–water partition coefficient (Wildman–Crippen LogP) is 3.24. The third kappa shape index (κ3) is 2.92. The molecule has 1 aromatic heterocycles. The molecule has 18 heavy (non-hydrogen) atoms. The molecule has 4 heteroatoms. The summed E-state index contributed by atoms with van der Waals surface area (Å²) in [5.74, 6) is 0.389. The summed E-state index contributed by atoms with van der Waals surface area (Å²) in [5, 5.41) is 0.752. The molecule has 1 aromatic carbocycles. The van der Waals surface area contributed by atoms with Gasteiger partial charge >= 0.3 is 0 Å². The molecule has 0 aliphatic rings. The number of hydrogen-bond donors (Lipinski definition) is 1. The quantitative estimate of drug-likeness (QED) is 0.920. The minimum Gasteiger partial charge on any atom is -0.329 e. The average molecular weight is 264 g/mol. The second-order valence-corrected chi connectivity index (χ2v) is 5.28. The van der Waals surface area contributed by atoms with Crippen molar-refractivity contribution in [2.24, 2.45) is 11.7 Å². The Morgan fingerprint density at radius 1 is 1.39 bits per heavy atom. The third-order valence-electron chi connectivity index (χ3n) is 3.05. The number of nitrogens with zero attached hydrogens (tertiary/aromatic N) is 2. The molecule has 0 saturated carbocycles.